The molecule has 1 aromatic carbocycles. The van der Waals surface area contributed by atoms with Crippen LogP contribution in [0.4, 0.5) is 0 Å². The maximum Gasteiger partial charge on any atom is 0.254 e. The molecular formula is C24H29NO4. The average Bonchev–Trinajstić information content (AvgIpc) is 3.58. The molecule has 3 heterocycles. The van der Waals surface area contributed by atoms with E-state index in [1.54, 1.807) is 6.07 Å². The second-order valence-electron chi connectivity index (χ2n) is 8.57. The summed E-state index contributed by atoms with van der Waals surface area (Å²) in [6.07, 6.45) is 6.10. The Morgan fingerprint density at radius 2 is 2.10 bits per heavy atom. The number of aryl methyl sites for hydroxylation is 2. The molecule has 2 aliphatic heterocycles. The van der Waals surface area contributed by atoms with Gasteiger partial charge in [0.15, 0.2) is 0 Å². The van der Waals surface area contributed by atoms with Gasteiger partial charge in [-0.3, -0.25) is 4.79 Å². The predicted molar refractivity (Wildman–Crippen MR) is 112 cm³/mol. The van der Waals surface area contributed by atoms with E-state index in [0.29, 0.717) is 32.2 Å². The molecule has 3 aliphatic rings. The number of aromatic nitrogens is 1. The largest absolute Gasteiger partial charge is 0.490 e. The lowest BCUT2D eigenvalue weighted by molar-refractivity contribution is -0.101. The van der Waals surface area contributed by atoms with Crippen molar-refractivity contribution in [3.63, 3.8) is 0 Å². The molecule has 154 valence electrons. The number of pyridine rings is 1. The van der Waals surface area contributed by atoms with Gasteiger partial charge in [0, 0.05) is 23.7 Å². The van der Waals surface area contributed by atoms with Crippen LogP contribution in [0.2, 0.25) is 0 Å². The van der Waals surface area contributed by atoms with Gasteiger partial charge in [-0.2, -0.15) is 0 Å². The number of rotatable bonds is 6. The maximum atomic E-state index is 12.8. The number of benzene rings is 1. The van der Waals surface area contributed by atoms with Crippen LogP contribution < -0.4 is 10.3 Å². The molecule has 0 bridgehead atoms. The average molecular weight is 395 g/mol. The summed E-state index contributed by atoms with van der Waals surface area (Å²) in [5, 5.41) is 0. The van der Waals surface area contributed by atoms with E-state index in [-0.39, 0.29) is 11.7 Å². The Kier molecular flexibility index (Phi) is 5.18. The Balaban J connectivity index is 1.41. The number of hydrogen-bond acceptors (Lipinski definition) is 4. The van der Waals surface area contributed by atoms with Crippen LogP contribution >= 0.6 is 0 Å². The fourth-order valence-electron chi connectivity index (χ4n) is 4.51. The van der Waals surface area contributed by atoms with Gasteiger partial charge in [0.25, 0.3) is 5.56 Å². The third kappa shape index (κ3) is 3.99. The van der Waals surface area contributed by atoms with E-state index in [2.05, 4.69) is 25.1 Å². The lowest BCUT2D eigenvalue weighted by Gasteiger charge is -2.27. The minimum absolute atomic E-state index is 0.00451. The van der Waals surface area contributed by atoms with Crippen LogP contribution in [0.5, 0.6) is 5.75 Å². The third-order valence-corrected chi connectivity index (χ3v) is 6.39. The van der Waals surface area contributed by atoms with Crippen molar-refractivity contribution in [1.29, 1.82) is 0 Å². The molecule has 2 aromatic rings. The van der Waals surface area contributed by atoms with Crippen molar-refractivity contribution in [3.8, 4) is 17.0 Å². The minimum Gasteiger partial charge on any atom is -0.490 e. The minimum atomic E-state index is -0.0803. The highest BCUT2D eigenvalue weighted by Gasteiger charge is 2.24. The summed E-state index contributed by atoms with van der Waals surface area (Å²) < 4.78 is 19.0. The zero-order chi connectivity index (χ0) is 19.8. The van der Waals surface area contributed by atoms with Crippen LogP contribution in [-0.2, 0) is 28.9 Å². The molecule has 1 aliphatic carbocycles. The summed E-state index contributed by atoms with van der Waals surface area (Å²) in [7, 11) is 0. The fraction of sp³-hybridized carbons (Fsp3) is 0.542. The number of nitrogens with zero attached hydrogens (tertiary/aromatic N) is 1. The first kappa shape index (κ1) is 18.9. The molecule has 5 heteroatoms. The van der Waals surface area contributed by atoms with Gasteiger partial charge in [0.05, 0.1) is 25.5 Å². The maximum absolute atomic E-state index is 12.8. The summed E-state index contributed by atoms with van der Waals surface area (Å²) >= 11 is 0. The quantitative estimate of drug-likeness (QED) is 0.751. The van der Waals surface area contributed by atoms with Crippen molar-refractivity contribution >= 4 is 0 Å². The highest BCUT2D eigenvalue weighted by atomic mass is 16.6. The Labute approximate surface area is 171 Å². The summed E-state index contributed by atoms with van der Waals surface area (Å²) in [6, 6.07) is 8.42. The summed E-state index contributed by atoms with van der Waals surface area (Å²) in [4.78, 5) is 12.8. The highest BCUT2D eigenvalue weighted by Crippen LogP contribution is 2.37. The Bertz CT molecular complexity index is 954. The van der Waals surface area contributed by atoms with E-state index in [1.807, 2.05) is 4.57 Å². The first-order valence-electron chi connectivity index (χ1n) is 10.9. The molecule has 5 nitrogen and oxygen atoms in total. The first-order valence-corrected chi connectivity index (χ1v) is 10.9. The molecule has 0 amide bonds. The zero-order valence-corrected chi connectivity index (χ0v) is 17.1. The van der Waals surface area contributed by atoms with Crippen molar-refractivity contribution in [2.24, 2.45) is 5.92 Å². The number of hydrogen-bond donors (Lipinski definition) is 0. The SMILES string of the molecule is Cc1c(OCC2COCCO2)cc(=O)n2c1-c1ccc(CCC3CC3)cc1CC2. The second kappa shape index (κ2) is 7.96. The van der Waals surface area contributed by atoms with Crippen LogP contribution in [-0.4, -0.2) is 37.1 Å². The Hall–Kier alpha value is -2.11. The lowest BCUT2D eigenvalue weighted by Crippen LogP contribution is -2.34. The van der Waals surface area contributed by atoms with E-state index < -0.39 is 0 Å². The van der Waals surface area contributed by atoms with E-state index in [4.69, 9.17) is 14.2 Å². The molecule has 1 atom stereocenters. The van der Waals surface area contributed by atoms with Gasteiger partial charge >= 0.3 is 0 Å². The smallest absolute Gasteiger partial charge is 0.254 e. The van der Waals surface area contributed by atoms with Gasteiger partial charge in [-0.1, -0.05) is 31.0 Å². The zero-order valence-electron chi connectivity index (χ0n) is 17.1. The standard InChI is InChI=1S/C24H29NO4/c1-16-22(29-15-20-14-27-10-11-28-20)13-23(26)25-9-8-19-12-18(5-4-17-2-3-17)6-7-21(19)24(16)25/h6-7,12-13,17,20H,2-5,8-11,14-15H2,1H3. The molecule has 0 radical (unpaired) electrons. The molecule has 29 heavy (non-hydrogen) atoms. The van der Waals surface area contributed by atoms with Gasteiger partial charge in [0.1, 0.15) is 18.5 Å². The molecule has 1 unspecified atom stereocenters. The fourth-order valence-corrected chi connectivity index (χ4v) is 4.51. The topological polar surface area (TPSA) is 49.7 Å². The highest BCUT2D eigenvalue weighted by molar-refractivity contribution is 5.71. The van der Waals surface area contributed by atoms with Crippen molar-refractivity contribution in [3.05, 3.63) is 51.3 Å². The normalized spacial score (nSPS) is 20.8. The molecule has 1 saturated carbocycles. The first-order chi connectivity index (χ1) is 14.2. The van der Waals surface area contributed by atoms with E-state index in [1.165, 1.54) is 36.0 Å². The van der Waals surface area contributed by atoms with Crippen LogP contribution in [0.15, 0.2) is 29.1 Å². The van der Waals surface area contributed by atoms with Crippen LogP contribution in [0.1, 0.15) is 36.0 Å². The number of fused-ring (bicyclic) bond motifs is 3. The number of ether oxygens (including phenoxy) is 3. The van der Waals surface area contributed by atoms with Crippen molar-refractivity contribution in [1.82, 2.24) is 4.57 Å². The summed E-state index contributed by atoms with van der Waals surface area (Å²) in [5.74, 6) is 1.60. The van der Waals surface area contributed by atoms with Crippen LogP contribution in [0, 0.1) is 12.8 Å². The molecular weight excluding hydrogens is 366 g/mol. The predicted octanol–water partition coefficient (Wildman–Crippen LogP) is 3.52. The van der Waals surface area contributed by atoms with Crippen molar-refractivity contribution in [2.45, 2.75) is 51.7 Å². The molecule has 2 fully saturated rings. The van der Waals surface area contributed by atoms with Gasteiger partial charge in [-0.05, 0) is 43.2 Å². The van der Waals surface area contributed by atoms with E-state index in [0.717, 1.165) is 36.6 Å². The molecule has 0 N–H and O–H groups in total. The van der Waals surface area contributed by atoms with Gasteiger partial charge in [0.2, 0.25) is 0 Å². The van der Waals surface area contributed by atoms with Crippen LogP contribution in [0.25, 0.3) is 11.3 Å². The Morgan fingerprint density at radius 1 is 1.21 bits per heavy atom. The van der Waals surface area contributed by atoms with Crippen LogP contribution in [0.3, 0.4) is 0 Å². The van der Waals surface area contributed by atoms with E-state index >= 15 is 0 Å². The summed E-state index contributed by atoms with van der Waals surface area (Å²) in [6.45, 7) is 4.94. The van der Waals surface area contributed by atoms with Crippen molar-refractivity contribution in [2.75, 3.05) is 26.4 Å². The summed E-state index contributed by atoms with van der Waals surface area (Å²) in [5.41, 5.74) is 5.97. The lowest BCUT2D eigenvalue weighted by atomic mass is 9.91. The van der Waals surface area contributed by atoms with Gasteiger partial charge < -0.3 is 18.8 Å². The second-order valence-corrected chi connectivity index (χ2v) is 8.57. The molecule has 1 aromatic heterocycles. The van der Waals surface area contributed by atoms with Gasteiger partial charge in [-0.15, -0.1) is 0 Å². The van der Waals surface area contributed by atoms with E-state index in [9.17, 15) is 4.79 Å². The van der Waals surface area contributed by atoms with Gasteiger partial charge in [-0.25, -0.2) is 0 Å². The molecule has 0 spiro atoms. The third-order valence-electron chi connectivity index (χ3n) is 6.39. The van der Waals surface area contributed by atoms with Crippen molar-refractivity contribution < 1.29 is 14.2 Å². The molecule has 5 rings (SSSR count). The monoisotopic (exact) mass is 395 g/mol. The molecule has 1 saturated heterocycles. The Morgan fingerprint density at radius 3 is 2.90 bits per heavy atom.